The van der Waals surface area contributed by atoms with E-state index < -0.39 is 0 Å². The third-order valence-electron chi connectivity index (χ3n) is 4.45. The summed E-state index contributed by atoms with van der Waals surface area (Å²) in [5.41, 5.74) is 10.9. The van der Waals surface area contributed by atoms with Crippen molar-refractivity contribution in [3.05, 3.63) is 60.2 Å². The van der Waals surface area contributed by atoms with Crippen molar-refractivity contribution in [1.82, 2.24) is 19.5 Å². The van der Waals surface area contributed by atoms with E-state index in [4.69, 9.17) is 16.6 Å². The molecule has 3 aromatic rings. The number of nitrogens with two attached hydrogens (primary N) is 2. The van der Waals surface area contributed by atoms with E-state index in [0.717, 1.165) is 22.5 Å². The lowest BCUT2D eigenvalue weighted by Crippen LogP contribution is -2.24. The molecule has 0 aliphatic heterocycles. The maximum Gasteiger partial charge on any atom is 0.142 e. The van der Waals surface area contributed by atoms with E-state index in [1.807, 2.05) is 26.2 Å². The quantitative estimate of drug-likeness (QED) is 0.530. The Bertz CT molecular complexity index is 939. The Morgan fingerprint density at radius 1 is 1.22 bits per heavy atom. The van der Waals surface area contributed by atoms with E-state index >= 15 is 0 Å². The number of imidazole rings is 1. The first-order valence-corrected chi connectivity index (χ1v) is 9.48. The number of hydrogen-bond donors (Lipinski definition) is 2. The lowest BCUT2D eigenvalue weighted by atomic mass is 10.2. The van der Waals surface area contributed by atoms with Crippen LogP contribution in [0.5, 0.6) is 0 Å². The van der Waals surface area contributed by atoms with Crippen molar-refractivity contribution in [2.45, 2.75) is 46.2 Å². The number of aromatic nitrogens is 3. The fourth-order valence-electron chi connectivity index (χ4n) is 3.18. The molecule has 142 valence electrons. The van der Waals surface area contributed by atoms with E-state index in [9.17, 15) is 0 Å². The zero-order chi connectivity index (χ0) is 19.4. The smallest absolute Gasteiger partial charge is 0.142 e. The van der Waals surface area contributed by atoms with Gasteiger partial charge in [0.05, 0.1) is 17.6 Å². The summed E-state index contributed by atoms with van der Waals surface area (Å²) in [6.07, 6.45) is 9.16. The average Bonchev–Trinajstić information content (AvgIpc) is 3.44. The highest BCUT2D eigenvalue weighted by atomic mass is 15.4. The second-order valence-corrected chi connectivity index (χ2v) is 6.62. The Balaban J connectivity index is 0.00000102. The molecule has 1 fully saturated rings. The number of pyridine rings is 1. The van der Waals surface area contributed by atoms with E-state index in [1.165, 1.54) is 35.1 Å². The molecule has 0 unspecified atom stereocenters. The van der Waals surface area contributed by atoms with Gasteiger partial charge in [-0.3, -0.25) is 4.98 Å². The van der Waals surface area contributed by atoms with Crippen LogP contribution < -0.4 is 11.6 Å². The molecule has 0 radical (unpaired) electrons. The highest BCUT2D eigenvalue weighted by molar-refractivity contribution is 5.81. The highest BCUT2D eigenvalue weighted by Gasteiger charge is 2.28. The topological polar surface area (TPSA) is 86.0 Å². The molecule has 0 saturated heterocycles. The Morgan fingerprint density at radius 2 is 2.00 bits per heavy atom. The fraction of sp³-hybridized carbons (Fsp3) is 0.333. The number of fused-ring (bicyclic) bond motifs is 1. The molecule has 1 aliphatic rings. The molecule has 1 saturated carbocycles. The van der Waals surface area contributed by atoms with Gasteiger partial charge >= 0.3 is 0 Å². The van der Waals surface area contributed by atoms with Gasteiger partial charge in [-0.25, -0.2) is 10.8 Å². The zero-order valence-electron chi connectivity index (χ0n) is 16.3. The van der Waals surface area contributed by atoms with Crippen LogP contribution in [0.15, 0.2) is 49.1 Å². The third kappa shape index (κ3) is 4.11. The number of benzene rings is 1. The van der Waals surface area contributed by atoms with Gasteiger partial charge in [-0.15, -0.1) is 0 Å². The average molecular weight is 364 g/mol. The van der Waals surface area contributed by atoms with Crippen LogP contribution in [0.1, 0.15) is 43.9 Å². The van der Waals surface area contributed by atoms with Crippen LogP contribution in [0, 0.1) is 6.92 Å². The van der Waals surface area contributed by atoms with Gasteiger partial charge in [-0.2, -0.15) is 0 Å². The van der Waals surface area contributed by atoms with Crippen LogP contribution in [0.4, 0.5) is 0 Å². The molecular weight excluding hydrogens is 336 g/mol. The fourth-order valence-corrected chi connectivity index (χ4v) is 3.18. The van der Waals surface area contributed by atoms with Crippen LogP contribution in [0.2, 0.25) is 0 Å². The molecule has 1 aliphatic carbocycles. The third-order valence-corrected chi connectivity index (χ3v) is 4.45. The largest absolute Gasteiger partial charge is 0.403 e. The minimum atomic E-state index is 0.539. The predicted molar refractivity (Wildman–Crippen MR) is 110 cm³/mol. The predicted octanol–water partition coefficient (Wildman–Crippen LogP) is 3.87. The second kappa shape index (κ2) is 8.22. The molecule has 4 rings (SSSR count). The van der Waals surface area contributed by atoms with Crippen LogP contribution in [-0.2, 0) is 6.54 Å². The minimum Gasteiger partial charge on any atom is -0.403 e. The lowest BCUT2D eigenvalue weighted by molar-refractivity contribution is 0.385. The van der Waals surface area contributed by atoms with Crippen molar-refractivity contribution in [3.63, 3.8) is 0 Å². The SMILES string of the molecule is CC.Cc1ccc2nc(-c3cncc(CN(N)/C=C\N)c3)n(C3CC3)c2c1. The van der Waals surface area contributed by atoms with Crippen LogP contribution in [0.25, 0.3) is 22.4 Å². The van der Waals surface area contributed by atoms with E-state index in [-0.39, 0.29) is 0 Å². The van der Waals surface area contributed by atoms with Crippen molar-refractivity contribution >= 4 is 11.0 Å². The van der Waals surface area contributed by atoms with Gasteiger partial charge in [0.1, 0.15) is 5.82 Å². The van der Waals surface area contributed by atoms with Gasteiger partial charge in [0.2, 0.25) is 0 Å². The molecule has 0 spiro atoms. The van der Waals surface area contributed by atoms with Crippen molar-refractivity contribution in [1.29, 1.82) is 0 Å². The first kappa shape index (κ1) is 18.9. The Hall–Kier alpha value is -2.86. The number of nitrogens with zero attached hydrogens (tertiary/aromatic N) is 4. The number of aryl methyl sites for hydroxylation is 1. The van der Waals surface area contributed by atoms with Crippen LogP contribution in [0.3, 0.4) is 0 Å². The van der Waals surface area contributed by atoms with Crippen LogP contribution in [-0.4, -0.2) is 19.5 Å². The van der Waals surface area contributed by atoms with Crippen molar-refractivity contribution in [2.24, 2.45) is 11.6 Å². The summed E-state index contributed by atoms with van der Waals surface area (Å²) >= 11 is 0. The molecule has 4 N–H and O–H groups in total. The summed E-state index contributed by atoms with van der Waals surface area (Å²) in [6.45, 7) is 6.66. The minimum absolute atomic E-state index is 0.539. The Morgan fingerprint density at radius 3 is 2.70 bits per heavy atom. The summed E-state index contributed by atoms with van der Waals surface area (Å²) in [6, 6.07) is 9.06. The molecule has 27 heavy (non-hydrogen) atoms. The summed E-state index contributed by atoms with van der Waals surface area (Å²) in [4.78, 5) is 9.28. The molecule has 2 heterocycles. The molecule has 0 atom stereocenters. The molecule has 2 aromatic heterocycles. The van der Waals surface area contributed by atoms with Gasteiger partial charge in [-0.1, -0.05) is 19.9 Å². The maximum absolute atomic E-state index is 5.89. The van der Waals surface area contributed by atoms with Gasteiger partial charge in [-0.05, 0) is 49.1 Å². The highest BCUT2D eigenvalue weighted by Crippen LogP contribution is 2.41. The van der Waals surface area contributed by atoms with Crippen molar-refractivity contribution in [3.8, 4) is 11.4 Å². The van der Waals surface area contributed by atoms with E-state index in [1.54, 1.807) is 6.20 Å². The lowest BCUT2D eigenvalue weighted by Gasteiger charge is -2.14. The molecule has 1 aromatic carbocycles. The summed E-state index contributed by atoms with van der Waals surface area (Å²) in [7, 11) is 0. The maximum atomic E-state index is 5.89. The van der Waals surface area contributed by atoms with Gasteiger partial charge in [0, 0.05) is 36.4 Å². The van der Waals surface area contributed by atoms with Crippen LogP contribution >= 0.6 is 0 Å². The standard InChI is InChI=1S/C19H22N6.C2H6/c1-13-2-5-17-18(8-13)25(16-3-4-16)19(23-17)15-9-14(10-22-11-15)12-24(21)7-6-20;1-2/h2,5-11,16H,3-4,12,20-21H2,1H3;1-2H3/b7-6-;. The number of hydrazine groups is 1. The zero-order valence-corrected chi connectivity index (χ0v) is 16.3. The molecule has 6 heteroatoms. The van der Waals surface area contributed by atoms with Crippen molar-refractivity contribution in [2.75, 3.05) is 0 Å². The van der Waals surface area contributed by atoms with Gasteiger partial charge in [0.25, 0.3) is 0 Å². The molecule has 6 nitrogen and oxygen atoms in total. The first-order valence-electron chi connectivity index (χ1n) is 9.48. The normalized spacial score (nSPS) is 13.6. The Kier molecular flexibility index (Phi) is 5.76. The first-order chi connectivity index (χ1) is 13.2. The summed E-state index contributed by atoms with van der Waals surface area (Å²) in [5.74, 6) is 6.87. The Labute approximate surface area is 160 Å². The second-order valence-electron chi connectivity index (χ2n) is 6.62. The molecular formula is C21H28N6. The monoisotopic (exact) mass is 364 g/mol. The van der Waals surface area contributed by atoms with E-state index in [0.29, 0.717) is 12.6 Å². The molecule has 0 bridgehead atoms. The van der Waals surface area contributed by atoms with E-state index in [2.05, 4.69) is 40.7 Å². The van der Waals surface area contributed by atoms with Gasteiger partial charge < -0.3 is 15.3 Å². The van der Waals surface area contributed by atoms with Crippen molar-refractivity contribution < 1.29 is 0 Å². The number of hydrogen-bond acceptors (Lipinski definition) is 5. The van der Waals surface area contributed by atoms with Gasteiger partial charge in [0.15, 0.2) is 0 Å². The molecule has 0 amide bonds. The summed E-state index contributed by atoms with van der Waals surface area (Å²) < 4.78 is 2.36. The summed E-state index contributed by atoms with van der Waals surface area (Å²) in [5, 5.41) is 1.54. The number of rotatable bonds is 5.